The molecule has 0 heterocycles. The van der Waals surface area contributed by atoms with Gasteiger partial charge in [-0.15, -0.1) is 0 Å². The summed E-state index contributed by atoms with van der Waals surface area (Å²) in [5.41, 5.74) is 1.48. The third-order valence-electron chi connectivity index (χ3n) is 1.53. The molecule has 3 heteroatoms. The summed E-state index contributed by atoms with van der Waals surface area (Å²) in [5.74, 6) is 1.42. The van der Waals surface area contributed by atoms with E-state index in [0.29, 0.717) is 0 Å². The van der Waals surface area contributed by atoms with Crippen molar-refractivity contribution in [1.82, 2.24) is 0 Å². The SMILES string of the molecule is CCC1=CC=C[C]1C.[Cl][Zr][Cl]. The molecule has 0 nitrogen and oxygen atoms in total. The molecule has 0 bridgehead atoms. The second-order valence-electron chi connectivity index (χ2n) is 2.16. The summed E-state index contributed by atoms with van der Waals surface area (Å²) >= 11 is -0.826. The van der Waals surface area contributed by atoms with E-state index in [-0.39, 0.29) is 0 Å². The molecule has 0 atom stereocenters. The zero-order chi connectivity index (χ0) is 8.69. The Hall–Kier alpha value is 0.943. The molecule has 0 fully saturated rings. The predicted molar refractivity (Wildman–Crippen MR) is 48.1 cm³/mol. The Kier molecular flexibility index (Phi) is 8.24. The van der Waals surface area contributed by atoms with Gasteiger partial charge in [-0.2, -0.15) is 0 Å². The van der Waals surface area contributed by atoms with Crippen LogP contribution in [0.2, 0.25) is 0 Å². The first-order valence-electron chi connectivity index (χ1n) is 3.43. The van der Waals surface area contributed by atoms with Crippen LogP contribution in [0.25, 0.3) is 0 Å². The molecule has 1 aliphatic rings. The molecule has 0 saturated heterocycles. The van der Waals surface area contributed by atoms with Crippen molar-refractivity contribution in [1.29, 1.82) is 0 Å². The van der Waals surface area contributed by atoms with Gasteiger partial charge >= 0.3 is 37.9 Å². The van der Waals surface area contributed by atoms with Gasteiger partial charge in [-0.05, 0) is 6.42 Å². The average Bonchev–Trinajstić information content (AvgIpc) is 2.36. The fourth-order valence-electron chi connectivity index (χ4n) is 0.944. The molecule has 0 amide bonds. The maximum atomic E-state index is 4.93. The van der Waals surface area contributed by atoms with Gasteiger partial charge in [0.15, 0.2) is 0 Å². The van der Waals surface area contributed by atoms with E-state index in [9.17, 15) is 0 Å². The van der Waals surface area contributed by atoms with Crippen LogP contribution in [0, 0.1) is 5.92 Å². The minimum atomic E-state index is -0.826. The fourth-order valence-corrected chi connectivity index (χ4v) is 0.944. The number of hydrogen-bond acceptors (Lipinski definition) is 0. The van der Waals surface area contributed by atoms with Crippen molar-refractivity contribution < 1.29 is 20.8 Å². The van der Waals surface area contributed by atoms with E-state index in [1.807, 2.05) is 0 Å². The standard InChI is InChI=1S/C8H11.2ClH.Zr/c1-3-8-6-4-5-7(8)2;;;/h4-6H,3H2,1-2H3;2*1H;/q;;;+2/p-2. The van der Waals surface area contributed by atoms with E-state index >= 15 is 0 Å². The normalized spacial score (nSPS) is 15.5. The van der Waals surface area contributed by atoms with Crippen LogP contribution in [0.5, 0.6) is 0 Å². The van der Waals surface area contributed by atoms with E-state index < -0.39 is 20.8 Å². The summed E-state index contributed by atoms with van der Waals surface area (Å²) in [6.45, 7) is 4.33. The van der Waals surface area contributed by atoms with Crippen LogP contribution in [0.15, 0.2) is 23.8 Å². The van der Waals surface area contributed by atoms with Gasteiger partial charge in [0.2, 0.25) is 0 Å². The van der Waals surface area contributed by atoms with Crippen molar-refractivity contribution in [2.75, 3.05) is 0 Å². The molecule has 61 valence electrons. The van der Waals surface area contributed by atoms with Crippen molar-refractivity contribution in [2.45, 2.75) is 20.3 Å². The maximum absolute atomic E-state index is 4.93. The van der Waals surface area contributed by atoms with Crippen LogP contribution in [0.3, 0.4) is 0 Å². The number of allylic oxidation sites excluding steroid dienone is 4. The summed E-state index contributed by atoms with van der Waals surface area (Å²) in [6.07, 6.45) is 7.60. The van der Waals surface area contributed by atoms with Crippen molar-refractivity contribution in [3.8, 4) is 0 Å². The first kappa shape index (κ1) is 11.9. The van der Waals surface area contributed by atoms with Crippen molar-refractivity contribution >= 4 is 17.0 Å². The number of hydrogen-bond donors (Lipinski definition) is 0. The van der Waals surface area contributed by atoms with Crippen LogP contribution in [0.1, 0.15) is 20.3 Å². The van der Waals surface area contributed by atoms with Crippen molar-refractivity contribution in [2.24, 2.45) is 0 Å². The Morgan fingerprint density at radius 2 is 2.00 bits per heavy atom. The Morgan fingerprint density at radius 1 is 1.45 bits per heavy atom. The molecule has 0 unspecified atom stereocenters. The van der Waals surface area contributed by atoms with Gasteiger partial charge in [-0.25, -0.2) is 0 Å². The van der Waals surface area contributed by atoms with Crippen LogP contribution >= 0.6 is 17.0 Å². The molecule has 0 aromatic rings. The zero-order valence-corrected chi connectivity index (χ0v) is 10.7. The molecule has 0 aliphatic heterocycles. The molecule has 1 aliphatic carbocycles. The zero-order valence-electron chi connectivity index (χ0n) is 6.70. The molecule has 0 spiro atoms. The topological polar surface area (TPSA) is 0 Å². The summed E-state index contributed by atoms with van der Waals surface area (Å²) in [4.78, 5) is 0. The molecular weight excluding hydrogens is 258 g/mol. The van der Waals surface area contributed by atoms with Gasteiger partial charge in [-0.1, -0.05) is 37.6 Å². The Bertz CT molecular complexity index is 152. The number of halogens is 2. The van der Waals surface area contributed by atoms with Gasteiger partial charge in [0.05, 0.1) is 0 Å². The van der Waals surface area contributed by atoms with Gasteiger partial charge in [-0.3, -0.25) is 0 Å². The van der Waals surface area contributed by atoms with E-state index in [1.54, 1.807) is 0 Å². The summed E-state index contributed by atoms with van der Waals surface area (Å²) < 4.78 is 0. The molecule has 0 aromatic carbocycles. The van der Waals surface area contributed by atoms with Gasteiger partial charge in [0.25, 0.3) is 0 Å². The molecular formula is C8H11Cl2Zr. The van der Waals surface area contributed by atoms with Crippen LogP contribution < -0.4 is 0 Å². The van der Waals surface area contributed by atoms with E-state index in [4.69, 9.17) is 17.0 Å². The third kappa shape index (κ3) is 5.22. The Morgan fingerprint density at radius 3 is 2.18 bits per heavy atom. The van der Waals surface area contributed by atoms with Gasteiger partial charge < -0.3 is 0 Å². The van der Waals surface area contributed by atoms with Crippen molar-refractivity contribution in [3.05, 3.63) is 29.7 Å². The Labute approximate surface area is 87.3 Å². The molecule has 0 aromatic heterocycles. The summed E-state index contributed by atoms with van der Waals surface area (Å²) in [5, 5.41) is 0. The Balaban J connectivity index is 0.000000292. The predicted octanol–water partition coefficient (Wildman–Crippen LogP) is 3.86. The van der Waals surface area contributed by atoms with E-state index in [0.717, 1.165) is 0 Å². The van der Waals surface area contributed by atoms with Crippen LogP contribution in [-0.2, 0) is 20.8 Å². The summed E-state index contributed by atoms with van der Waals surface area (Å²) in [6, 6.07) is 0. The fraction of sp³-hybridized carbons (Fsp3) is 0.375. The second-order valence-corrected chi connectivity index (χ2v) is 5.89. The first-order chi connectivity index (χ1) is 5.26. The monoisotopic (exact) mass is 267 g/mol. The molecule has 1 rings (SSSR count). The van der Waals surface area contributed by atoms with E-state index in [1.165, 1.54) is 17.9 Å². The van der Waals surface area contributed by atoms with Gasteiger partial charge in [0.1, 0.15) is 0 Å². The second kappa shape index (κ2) is 7.58. The molecule has 1 radical (unpaired) electrons. The molecule has 0 N–H and O–H groups in total. The molecule has 0 saturated carbocycles. The average molecular weight is 269 g/mol. The first-order valence-corrected chi connectivity index (χ1v) is 9.76. The number of rotatable bonds is 1. The quantitative estimate of drug-likeness (QED) is 0.678. The van der Waals surface area contributed by atoms with Crippen molar-refractivity contribution in [3.63, 3.8) is 0 Å². The molecule has 11 heavy (non-hydrogen) atoms. The third-order valence-corrected chi connectivity index (χ3v) is 1.53. The van der Waals surface area contributed by atoms with E-state index in [2.05, 4.69) is 32.1 Å². The van der Waals surface area contributed by atoms with Crippen LogP contribution in [-0.4, -0.2) is 0 Å². The van der Waals surface area contributed by atoms with Gasteiger partial charge in [0, 0.05) is 5.92 Å². The summed E-state index contributed by atoms with van der Waals surface area (Å²) in [7, 11) is 9.87. The van der Waals surface area contributed by atoms with Crippen LogP contribution in [0.4, 0.5) is 0 Å². The minimum absolute atomic E-state index is 0.826.